The van der Waals surface area contributed by atoms with Crippen LogP contribution in [0.25, 0.3) is 0 Å². The zero-order valence-corrected chi connectivity index (χ0v) is 21.3. The van der Waals surface area contributed by atoms with Gasteiger partial charge in [-0.1, -0.05) is 36.4 Å². The van der Waals surface area contributed by atoms with Gasteiger partial charge in [0.15, 0.2) is 0 Å². The number of rotatable bonds is 12. The van der Waals surface area contributed by atoms with Crippen molar-refractivity contribution in [1.82, 2.24) is 9.80 Å². The summed E-state index contributed by atoms with van der Waals surface area (Å²) < 4.78 is 4.77. The average Bonchev–Trinajstić information content (AvgIpc) is 3.49. The van der Waals surface area contributed by atoms with Gasteiger partial charge in [-0.05, 0) is 44.6 Å². The summed E-state index contributed by atoms with van der Waals surface area (Å²) in [4.78, 5) is 44.6. The largest absolute Gasteiger partial charge is 0.466 e. The summed E-state index contributed by atoms with van der Waals surface area (Å²) in [5, 5.41) is 9.19. The molecule has 1 aromatic rings. The van der Waals surface area contributed by atoms with Gasteiger partial charge >= 0.3 is 5.97 Å². The van der Waals surface area contributed by atoms with Crippen LogP contribution in [0.4, 0.5) is 0 Å². The first kappa shape index (κ1) is 25.8. The van der Waals surface area contributed by atoms with E-state index in [-0.39, 0.29) is 36.2 Å². The number of benzene rings is 1. The number of aliphatic hydroxyl groups excluding tert-OH is 1. The molecule has 0 aliphatic carbocycles. The molecule has 5 atom stereocenters. The lowest BCUT2D eigenvalue weighted by molar-refractivity contribution is -0.153. The first-order chi connectivity index (χ1) is 17.0. The molecule has 3 heterocycles. The normalized spacial score (nSPS) is 28.7. The summed E-state index contributed by atoms with van der Waals surface area (Å²) in [6.45, 7) is 7.28. The molecule has 8 heteroatoms. The number of amides is 2. The van der Waals surface area contributed by atoms with Gasteiger partial charge in [0, 0.05) is 31.5 Å². The maximum absolute atomic E-state index is 14.2. The summed E-state index contributed by atoms with van der Waals surface area (Å²) in [6, 6.07) is 9.21. The molecule has 3 fully saturated rings. The summed E-state index contributed by atoms with van der Waals surface area (Å²) in [7, 11) is 0. The van der Waals surface area contributed by atoms with Crippen molar-refractivity contribution in [1.29, 1.82) is 0 Å². The van der Waals surface area contributed by atoms with Crippen LogP contribution in [0.5, 0.6) is 0 Å². The van der Waals surface area contributed by atoms with Crippen molar-refractivity contribution in [2.75, 3.05) is 26.3 Å². The average molecular weight is 501 g/mol. The Bertz CT molecular complexity index is 941. The number of thioether (sulfide) groups is 1. The molecule has 35 heavy (non-hydrogen) atoms. The van der Waals surface area contributed by atoms with E-state index < -0.39 is 22.6 Å². The molecule has 3 aliphatic heterocycles. The van der Waals surface area contributed by atoms with E-state index in [9.17, 15) is 19.5 Å². The molecule has 2 bridgehead atoms. The van der Waals surface area contributed by atoms with Gasteiger partial charge in [0.1, 0.15) is 6.04 Å². The molecule has 190 valence electrons. The quantitative estimate of drug-likeness (QED) is 0.270. The van der Waals surface area contributed by atoms with Gasteiger partial charge in [0.05, 0.1) is 23.2 Å². The number of aliphatic hydroxyl groups is 1. The number of unbranched alkanes of at least 4 members (excludes halogenated alkanes) is 2. The maximum atomic E-state index is 14.2. The molecule has 0 aromatic heterocycles. The smallest absolute Gasteiger partial charge is 0.310 e. The molecule has 2 amide bonds. The molecular formula is C27H36N2O5S. The van der Waals surface area contributed by atoms with E-state index in [4.69, 9.17) is 4.74 Å². The molecular weight excluding hydrogens is 464 g/mol. The third-order valence-electron chi connectivity index (χ3n) is 7.53. The lowest BCUT2D eigenvalue weighted by atomic mass is 9.71. The molecule has 1 spiro atoms. The molecule has 1 aromatic carbocycles. The van der Waals surface area contributed by atoms with E-state index in [1.165, 1.54) is 0 Å². The maximum Gasteiger partial charge on any atom is 0.310 e. The van der Waals surface area contributed by atoms with Gasteiger partial charge in [0.25, 0.3) is 0 Å². The second kappa shape index (κ2) is 11.2. The third-order valence-corrected chi connectivity index (χ3v) is 9.48. The Kier molecular flexibility index (Phi) is 8.22. The number of carbonyl (C=O) groups excluding carboxylic acids is 3. The van der Waals surface area contributed by atoms with Gasteiger partial charge in [-0.15, -0.1) is 18.3 Å². The van der Waals surface area contributed by atoms with E-state index in [1.807, 2.05) is 30.3 Å². The van der Waals surface area contributed by atoms with Gasteiger partial charge < -0.3 is 19.6 Å². The first-order valence-electron chi connectivity index (χ1n) is 12.7. The summed E-state index contributed by atoms with van der Waals surface area (Å²) in [5.41, 5.74) is 1.02. The first-order valence-corrected chi connectivity index (χ1v) is 13.6. The molecule has 0 saturated carbocycles. The third kappa shape index (κ3) is 4.75. The zero-order valence-electron chi connectivity index (χ0n) is 20.4. The lowest BCUT2D eigenvalue weighted by Gasteiger charge is -2.37. The minimum atomic E-state index is -0.618. The van der Waals surface area contributed by atoms with Crippen LogP contribution < -0.4 is 0 Å². The molecule has 3 saturated heterocycles. The second-order valence-corrected chi connectivity index (χ2v) is 11.2. The summed E-state index contributed by atoms with van der Waals surface area (Å²) >= 11 is 1.66. The second-order valence-electron chi connectivity index (χ2n) is 9.62. The minimum absolute atomic E-state index is 0.0109. The Hall–Kier alpha value is -2.32. The van der Waals surface area contributed by atoms with E-state index in [0.717, 1.165) is 24.8 Å². The fraction of sp³-hybridized carbons (Fsp3) is 0.593. The molecule has 4 rings (SSSR count). The SMILES string of the molecule is C=CCN(Cc1ccccc1)C(=O)C1N(CCCCCO)C(=O)[C@@H]2[C@H](C(=O)OCC)[C@@H]3CCC12S3. The lowest BCUT2D eigenvalue weighted by Crippen LogP contribution is -2.54. The van der Waals surface area contributed by atoms with Crippen molar-refractivity contribution in [2.45, 2.75) is 61.6 Å². The van der Waals surface area contributed by atoms with Crippen LogP contribution in [-0.2, 0) is 25.7 Å². The van der Waals surface area contributed by atoms with Gasteiger partial charge in [-0.25, -0.2) is 0 Å². The van der Waals surface area contributed by atoms with Crippen LogP contribution in [0.15, 0.2) is 43.0 Å². The van der Waals surface area contributed by atoms with Crippen molar-refractivity contribution < 1.29 is 24.2 Å². The highest BCUT2D eigenvalue weighted by Gasteiger charge is 2.74. The Labute approximate surface area is 211 Å². The predicted octanol–water partition coefficient (Wildman–Crippen LogP) is 3.02. The highest BCUT2D eigenvalue weighted by Crippen LogP contribution is 2.66. The molecule has 0 radical (unpaired) electrons. The van der Waals surface area contributed by atoms with Gasteiger partial charge in [-0.2, -0.15) is 0 Å². The number of esters is 1. The molecule has 7 nitrogen and oxygen atoms in total. The zero-order chi connectivity index (χ0) is 25.0. The van der Waals surface area contributed by atoms with E-state index >= 15 is 0 Å². The number of hydrogen-bond donors (Lipinski definition) is 1. The number of ether oxygens (including phenoxy) is 1. The van der Waals surface area contributed by atoms with E-state index in [2.05, 4.69) is 6.58 Å². The van der Waals surface area contributed by atoms with Crippen molar-refractivity contribution in [3.05, 3.63) is 48.6 Å². The Morgan fingerprint density at radius 2 is 2.06 bits per heavy atom. The van der Waals surface area contributed by atoms with Gasteiger partial charge in [0.2, 0.25) is 11.8 Å². The Morgan fingerprint density at radius 3 is 2.74 bits per heavy atom. The van der Waals surface area contributed by atoms with Gasteiger partial charge in [-0.3, -0.25) is 14.4 Å². The van der Waals surface area contributed by atoms with Crippen molar-refractivity contribution >= 4 is 29.5 Å². The van der Waals surface area contributed by atoms with Crippen LogP contribution in [0.3, 0.4) is 0 Å². The Balaban J connectivity index is 1.67. The van der Waals surface area contributed by atoms with Crippen LogP contribution in [0, 0.1) is 11.8 Å². The standard InChI is InChI=1S/C27H36N2O5S/c1-3-15-28(18-19-11-7-5-8-12-19)25(32)23-27-14-13-20(35-27)21(26(33)34-4-2)22(27)24(31)29(23)16-9-6-10-17-30/h3,5,7-8,11-12,20-23,30H,1,4,6,9-10,13-18H2,2H3/t20-,21+,22-,23?,27?/m0/s1. The number of carbonyl (C=O) groups is 3. The molecule has 2 unspecified atom stereocenters. The van der Waals surface area contributed by atoms with Crippen molar-refractivity contribution in [3.63, 3.8) is 0 Å². The number of hydrogen-bond acceptors (Lipinski definition) is 6. The molecule has 3 aliphatic rings. The molecule has 1 N–H and O–H groups in total. The highest BCUT2D eigenvalue weighted by molar-refractivity contribution is 8.02. The summed E-state index contributed by atoms with van der Waals surface area (Å²) in [5.74, 6) is -1.52. The number of likely N-dealkylation sites (tertiary alicyclic amines) is 1. The van der Waals surface area contributed by atoms with Crippen molar-refractivity contribution in [2.24, 2.45) is 11.8 Å². The van der Waals surface area contributed by atoms with Crippen LogP contribution in [0.2, 0.25) is 0 Å². The van der Waals surface area contributed by atoms with Crippen LogP contribution in [-0.4, -0.2) is 75.0 Å². The number of fused-ring (bicyclic) bond motifs is 1. The monoisotopic (exact) mass is 500 g/mol. The summed E-state index contributed by atoms with van der Waals surface area (Å²) in [6.07, 6.45) is 5.41. The van der Waals surface area contributed by atoms with E-state index in [0.29, 0.717) is 32.5 Å². The van der Waals surface area contributed by atoms with Crippen LogP contribution in [0.1, 0.15) is 44.6 Å². The van der Waals surface area contributed by atoms with Crippen LogP contribution >= 0.6 is 11.8 Å². The van der Waals surface area contributed by atoms with E-state index in [1.54, 1.807) is 34.6 Å². The Morgan fingerprint density at radius 1 is 1.29 bits per heavy atom. The minimum Gasteiger partial charge on any atom is -0.466 e. The highest BCUT2D eigenvalue weighted by atomic mass is 32.2. The topological polar surface area (TPSA) is 87.2 Å². The van der Waals surface area contributed by atoms with Crippen molar-refractivity contribution in [3.8, 4) is 0 Å². The fourth-order valence-corrected chi connectivity index (χ4v) is 8.32. The predicted molar refractivity (Wildman–Crippen MR) is 135 cm³/mol. The number of nitrogens with zero attached hydrogens (tertiary/aromatic N) is 2. The fourth-order valence-electron chi connectivity index (χ4n) is 6.12.